The van der Waals surface area contributed by atoms with Gasteiger partial charge in [-0.05, 0) is 54.8 Å². The summed E-state index contributed by atoms with van der Waals surface area (Å²) in [5, 5.41) is 2.81. The van der Waals surface area contributed by atoms with Crippen molar-refractivity contribution in [2.75, 3.05) is 18.5 Å². The van der Waals surface area contributed by atoms with Crippen molar-refractivity contribution in [1.82, 2.24) is 0 Å². The second kappa shape index (κ2) is 8.83. The molecule has 0 unspecified atom stereocenters. The molecule has 0 saturated heterocycles. The van der Waals surface area contributed by atoms with Gasteiger partial charge in [-0.2, -0.15) is 0 Å². The number of carbonyl (C=O) groups is 1. The van der Waals surface area contributed by atoms with E-state index in [2.05, 4.69) is 19.2 Å². The van der Waals surface area contributed by atoms with E-state index in [0.717, 1.165) is 24.3 Å². The number of carbonyl (C=O) groups excluding carboxylic acids is 1. The summed E-state index contributed by atoms with van der Waals surface area (Å²) in [7, 11) is 0. The molecular formula is C19H23NO3. The fraction of sp³-hybridized carbons (Fsp3) is 0.316. The summed E-state index contributed by atoms with van der Waals surface area (Å²) < 4.78 is 11.0. The average molecular weight is 313 g/mol. The van der Waals surface area contributed by atoms with Crippen molar-refractivity contribution >= 4 is 11.6 Å². The first-order valence-corrected chi connectivity index (χ1v) is 7.95. The molecule has 0 aliphatic rings. The van der Waals surface area contributed by atoms with Crippen LogP contribution in [-0.4, -0.2) is 19.1 Å². The van der Waals surface area contributed by atoms with Crippen molar-refractivity contribution in [1.29, 1.82) is 0 Å². The Hall–Kier alpha value is -2.49. The lowest BCUT2D eigenvalue weighted by atomic mass is 10.1. The van der Waals surface area contributed by atoms with Gasteiger partial charge in [0.2, 0.25) is 0 Å². The molecule has 0 bridgehead atoms. The molecule has 1 amide bonds. The molecule has 2 aromatic carbocycles. The molecule has 0 radical (unpaired) electrons. The zero-order chi connectivity index (χ0) is 16.5. The SMILES string of the molecule is CCCOc1ccc(OCC(=O)Nc2ccc(CC)cc2)cc1. The Morgan fingerprint density at radius 1 is 0.913 bits per heavy atom. The van der Waals surface area contributed by atoms with Gasteiger partial charge in [0.05, 0.1) is 6.61 Å². The van der Waals surface area contributed by atoms with Crippen LogP contribution in [0, 0.1) is 0 Å². The zero-order valence-electron chi connectivity index (χ0n) is 13.7. The molecule has 0 saturated carbocycles. The molecular weight excluding hydrogens is 290 g/mol. The van der Waals surface area contributed by atoms with E-state index in [1.807, 2.05) is 36.4 Å². The van der Waals surface area contributed by atoms with E-state index < -0.39 is 0 Å². The topological polar surface area (TPSA) is 47.6 Å². The number of amides is 1. The van der Waals surface area contributed by atoms with Gasteiger partial charge in [0, 0.05) is 5.69 Å². The third-order valence-electron chi connectivity index (χ3n) is 3.31. The molecule has 1 N–H and O–H groups in total. The first-order valence-electron chi connectivity index (χ1n) is 7.95. The quantitative estimate of drug-likeness (QED) is 0.799. The minimum absolute atomic E-state index is 0.0231. The second-order valence-electron chi connectivity index (χ2n) is 5.21. The molecule has 2 rings (SSSR count). The number of rotatable bonds is 8. The summed E-state index contributed by atoms with van der Waals surface area (Å²) in [5.41, 5.74) is 2.02. The summed E-state index contributed by atoms with van der Waals surface area (Å²) >= 11 is 0. The lowest BCUT2D eigenvalue weighted by molar-refractivity contribution is -0.118. The number of hydrogen-bond donors (Lipinski definition) is 1. The Morgan fingerprint density at radius 2 is 1.52 bits per heavy atom. The third-order valence-corrected chi connectivity index (χ3v) is 3.31. The first kappa shape index (κ1) is 16.9. The van der Waals surface area contributed by atoms with Crippen LogP contribution in [-0.2, 0) is 11.2 Å². The van der Waals surface area contributed by atoms with Crippen LogP contribution in [0.2, 0.25) is 0 Å². The predicted octanol–water partition coefficient (Wildman–Crippen LogP) is 4.06. The van der Waals surface area contributed by atoms with Gasteiger partial charge in [-0.25, -0.2) is 0 Å². The highest BCUT2D eigenvalue weighted by atomic mass is 16.5. The minimum Gasteiger partial charge on any atom is -0.494 e. The highest BCUT2D eigenvalue weighted by molar-refractivity contribution is 5.91. The van der Waals surface area contributed by atoms with Gasteiger partial charge in [-0.15, -0.1) is 0 Å². The normalized spacial score (nSPS) is 10.2. The maximum Gasteiger partial charge on any atom is 0.262 e. The highest BCUT2D eigenvalue weighted by Gasteiger charge is 2.04. The van der Waals surface area contributed by atoms with Crippen molar-refractivity contribution in [2.45, 2.75) is 26.7 Å². The van der Waals surface area contributed by atoms with Gasteiger partial charge in [0.25, 0.3) is 5.91 Å². The molecule has 0 aromatic heterocycles. The minimum atomic E-state index is -0.180. The molecule has 0 aliphatic carbocycles. The van der Waals surface area contributed by atoms with Gasteiger partial charge < -0.3 is 14.8 Å². The maximum absolute atomic E-state index is 11.9. The van der Waals surface area contributed by atoms with Crippen LogP contribution in [0.4, 0.5) is 5.69 Å². The Labute approximate surface area is 137 Å². The number of benzene rings is 2. The molecule has 0 fully saturated rings. The van der Waals surface area contributed by atoms with Crippen LogP contribution in [0.5, 0.6) is 11.5 Å². The summed E-state index contributed by atoms with van der Waals surface area (Å²) in [6, 6.07) is 15.1. The van der Waals surface area contributed by atoms with Crippen LogP contribution < -0.4 is 14.8 Å². The molecule has 122 valence electrons. The van der Waals surface area contributed by atoms with Crippen LogP contribution in [0.25, 0.3) is 0 Å². The third kappa shape index (κ3) is 5.66. The van der Waals surface area contributed by atoms with E-state index in [9.17, 15) is 4.79 Å². The van der Waals surface area contributed by atoms with Crippen molar-refractivity contribution in [2.24, 2.45) is 0 Å². The van der Waals surface area contributed by atoms with Gasteiger partial charge in [-0.1, -0.05) is 26.0 Å². The maximum atomic E-state index is 11.9. The van der Waals surface area contributed by atoms with Gasteiger partial charge in [0.1, 0.15) is 11.5 Å². The van der Waals surface area contributed by atoms with E-state index in [4.69, 9.17) is 9.47 Å². The Balaban J connectivity index is 1.79. The standard InChI is InChI=1S/C19H23NO3/c1-3-13-22-17-9-11-18(12-10-17)23-14-19(21)20-16-7-5-15(4-2)6-8-16/h5-12H,3-4,13-14H2,1-2H3,(H,20,21). The number of nitrogens with one attached hydrogen (secondary N) is 1. The van der Waals surface area contributed by atoms with Gasteiger partial charge in [-0.3, -0.25) is 4.79 Å². The highest BCUT2D eigenvalue weighted by Crippen LogP contribution is 2.18. The Morgan fingerprint density at radius 3 is 2.09 bits per heavy atom. The fourth-order valence-corrected chi connectivity index (χ4v) is 2.02. The van der Waals surface area contributed by atoms with Crippen molar-refractivity contribution in [3.05, 3.63) is 54.1 Å². The smallest absolute Gasteiger partial charge is 0.262 e. The zero-order valence-corrected chi connectivity index (χ0v) is 13.7. The van der Waals surface area contributed by atoms with E-state index in [1.54, 1.807) is 12.1 Å². The Kier molecular flexibility index (Phi) is 6.48. The second-order valence-corrected chi connectivity index (χ2v) is 5.21. The van der Waals surface area contributed by atoms with E-state index in [1.165, 1.54) is 5.56 Å². The van der Waals surface area contributed by atoms with Crippen LogP contribution >= 0.6 is 0 Å². The molecule has 0 aliphatic heterocycles. The van der Waals surface area contributed by atoms with Crippen LogP contribution in [0.3, 0.4) is 0 Å². The number of anilines is 1. The average Bonchev–Trinajstić information content (AvgIpc) is 2.59. The molecule has 0 atom stereocenters. The van der Waals surface area contributed by atoms with Crippen molar-refractivity contribution < 1.29 is 14.3 Å². The largest absolute Gasteiger partial charge is 0.494 e. The monoisotopic (exact) mass is 313 g/mol. The number of ether oxygens (including phenoxy) is 2. The molecule has 4 heteroatoms. The lowest BCUT2D eigenvalue weighted by Gasteiger charge is -2.09. The van der Waals surface area contributed by atoms with Crippen molar-refractivity contribution in [3.63, 3.8) is 0 Å². The molecule has 4 nitrogen and oxygen atoms in total. The predicted molar refractivity (Wildman–Crippen MR) is 92.2 cm³/mol. The van der Waals surface area contributed by atoms with Crippen LogP contribution in [0.1, 0.15) is 25.8 Å². The molecule has 2 aromatic rings. The summed E-state index contributed by atoms with van der Waals surface area (Å²) in [4.78, 5) is 11.9. The summed E-state index contributed by atoms with van der Waals surface area (Å²) in [5.74, 6) is 1.27. The van der Waals surface area contributed by atoms with E-state index in [-0.39, 0.29) is 12.5 Å². The van der Waals surface area contributed by atoms with Crippen LogP contribution in [0.15, 0.2) is 48.5 Å². The van der Waals surface area contributed by atoms with Crippen molar-refractivity contribution in [3.8, 4) is 11.5 Å². The fourth-order valence-electron chi connectivity index (χ4n) is 2.02. The number of aryl methyl sites for hydroxylation is 1. The summed E-state index contributed by atoms with van der Waals surface area (Å²) in [6.45, 7) is 4.83. The Bertz CT molecular complexity index is 606. The van der Waals surface area contributed by atoms with Gasteiger partial charge >= 0.3 is 0 Å². The first-order chi connectivity index (χ1) is 11.2. The van der Waals surface area contributed by atoms with Gasteiger partial charge in [0.15, 0.2) is 6.61 Å². The lowest BCUT2D eigenvalue weighted by Crippen LogP contribution is -2.20. The van der Waals surface area contributed by atoms with E-state index in [0.29, 0.717) is 12.4 Å². The number of hydrogen-bond acceptors (Lipinski definition) is 3. The van der Waals surface area contributed by atoms with E-state index >= 15 is 0 Å². The molecule has 0 heterocycles. The molecule has 23 heavy (non-hydrogen) atoms. The summed E-state index contributed by atoms with van der Waals surface area (Å²) in [6.07, 6.45) is 1.95. The molecule has 0 spiro atoms.